The number of carbonyl (C=O) groups excluding carboxylic acids is 1. The van der Waals surface area contributed by atoms with Crippen molar-refractivity contribution in [1.29, 1.82) is 0 Å². The van der Waals surface area contributed by atoms with E-state index in [-0.39, 0.29) is 15.3 Å². The van der Waals surface area contributed by atoms with Crippen molar-refractivity contribution >= 4 is 23.0 Å². The molecule has 0 aliphatic rings. The number of nitrogens with zero attached hydrogens (tertiary/aromatic N) is 3. The Morgan fingerprint density at radius 1 is 1.48 bits per heavy atom. The second-order valence-corrected chi connectivity index (χ2v) is 5.20. The molecule has 3 rings (SSSR count). The number of hydrogen-bond donors (Lipinski definition) is 0. The van der Waals surface area contributed by atoms with E-state index in [4.69, 9.17) is 0 Å². The molecule has 0 aliphatic heterocycles. The van der Waals surface area contributed by atoms with Crippen LogP contribution in [0.1, 0.15) is 21.0 Å². The summed E-state index contributed by atoms with van der Waals surface area (Å²) < 4.78 is 32.4. The second-order valence-electron chi connectivity index (χ2n) is 4.12. The highest BCUT2D eigenvalue weighted by atomic mass is 32.1. The minimum absolute atomic E-state index is 0.119. The molecule has 21 heavy (non-hydrogen) atoms. The van der Waals surface area contributed by atoms with Crippen LogP contribution in [0.15, 0.2) is 30.6 Å². The van der Waals surface area contributed by atoms with Crippen molar-refractivity contribution in [3.63, 3.8) is 0 Å². The van der Waals surface area contributed by atoms with Gasteiger partial charge in [-0.2, -0.15) is 5.10 Å². The summed E-state index contributed by atoms with van der Waals surface area (Å²) in [5.74, 6) is -0.644. The molecule has 5 nitrogen and oxygen atoms in total. The van der Waals surface area contributed by atoms with Crippen molar-refractivity contribution in [2.24, 2.45) is 0 Å². The molecule has 0 fully saturated rings. The van der Waals surface area contributed by atoms with Gasteiger partial charge < -0.3 is 4.74 Å². The van der Waals surface area contributed by atoms with Crippen molar-refractivity contribution in [3.8, 4) is 11.3 Å². The Morgan fingerprint density at radius 3 is 3.00 bits per heavy atom. The van der Waals surface area contributed by atoms with E-state index >= 15 is 0 Å². The number of rotatable bonds is 3. The van der Waals surface area contributed by atoms with Crippen molar-refractivity contribution < 1.29 is 18.3 Å². The van der Waals surface area contributed by atoms with Crippen LogP contribution in [0, 0.1) is 0 Å². The third kappa shape index (κ3) is 2.27. The number of alkyl halides is 2. The van der Waals surface area contributed by atoms with Gasteiger partial charge >= 0.3 is 5.97 Å². The molecule has 0 aliphatic carbocycles. The fourth-order valence-corrected chi connectivity index (χ4v) is 2.92. The van der Waals surface area contributed by atoms with Gasteiger partial charge in [-0.15, -0.1) is 11.3 Å². The largest absolute Gasteiger partial charge is 0.465 e. The molecule has 0 radical (unpaired) electrons. The first-order valence-corrected chi connectivity index (χ1v) is 6.72. The highest BCUT2D eigenvalue weighted by Gasteiger charge is 2.24. The third-order valence-electron chi connectivity index (χ3n) is 2.90. The van der Waals surface area contributed by atoms with Crippen LogP contribution in [-0.2, 0) is 4.74 Å². The SMILES string of the molecule is COC(=O)c1cc(-c2cnc3cccnn23)c(C(F)F)s1. The summed E-state index contributed by atoms with van der Waals surface area (Å²) in [5.41, 5.74) is 1.19. The van der Waals surface area contributed by atoms with Crippen molar-refractivity contribution in [2.45, 2.75) is 6.43 Å². The Hall–Kier alpha value is -2.35. The number of ether oxygens (including phenoxy) is 1. The predicted octanol–water partition coefficient (Wildman–Crippen LogP) is 3.18. The Kier molecular flexibility index (Phi) is 3.38. The first-order chi connectivity index (χ1) is 10.1. The molecule has 108 valence electrons. The van der Waals surface area contributed by atoms with Gasteiger partial charge in [0.25, 0.3) is 6.43 Å². The average Bonchev–Trinajstić information content (AvgIpc) is 3.10. The predicted molar refractivity (Wildman–Crippen MR) is 72.6 cm³/mol. The standard InChI is InChI=1S/C13H9F2N3O2S/c1-20-13(19)9-5-7(11(21-9)12(14)15)8-6-16-10-3-2-4-17-18(8)10/h2-6,12H,1H3. The fourth-order valence-electron chi connectivity index (χ4n) is 1.98. The van der Waals surface area contributed by atoms with Gasteiger partial charge in [-0.1, -0.05) is 0 Å². The number of aromatic nitrogens is 3. The molecule has 0 saturated heterocycles. The molecule has 0 spiro atoms. The minimum Gasteiger partial charge on any atom is -0.465 e. The van der Waals surface area contributed by atoms with Crippen LogP contribution >= 0.6 is 11.3 Å². The van der Waals surface area contributed by atoms with E-state index in [9.17, 15) is 13.6 Å². The lowest BCUT2D eigenvalue weighted by molar-refractivity contribution is 0.0606. The lowest BCUT2D eigenvalue weighted by Crippen LogP contribution is -1.97. The van der Waals surface area contributed by atoms with Crippen LogP contribution in [0.2, 0.25) is 0 Å². The molecule has 0 atom stereocenters. The van der Waals surface area contributed by atoms with E-state index in [0.717, 1.165) is 0 Å². The molecule has 0 aromatic carbocycles. The Morgan fingerprint density at radius 2 is 2.29 bits per heavy atom. The van der Waals surface area contributed by atoms with Gasteiger partial charge in [-0.25, -0.2) is 23.1 Å². The van der Waals surface area contributed by atoms with Crippen LogP contribution < -0.4 is 0 Å². The van der Waals surface area contributed by atoms with Crippen molar-refractivity contribution in [3.05, 3.63) is 40.3 Å². The van der Waals surface area contributed by atoms with Gasteiger partial charge in [-0.05, 0) is 18.2 Å². The summed E-state index contributed by atoms with van der Waals surface area (Å²) in [6.07, 6.45) is 0.295. The van der Waals surface area contributed by atoms with Gasteiger partial charge in [0.1, 0.15) is 4.88 Å². The molecule has 3 heterocycles. The summed E-state index contributed by atoms with van der Waals surface area (Å²) in [6.45, 7) is 0. The highest BCUT2D eigenvalue weighted by Crippen LogP contribution is 2.38. The van der Waals surface area contributed by atoms with E-state index in [1.54, 1.807) is 12.1 Å². The summed E-state index contributed by atoms with van der Waals surface area (Å²) in [6, 6.07) is 4.80. The number of fused-ring (bicyclic) bond motifs is 1. The van der Waals surface area contributed by atoms with Crippen LogP contribution in [0.25, 0.3) is 16.9 Å². The zero-order valence-corrected chi connectivity index (χ0v) is 11.6. The number of methoxy groups -OCH3 is 1. The Bertz CT molecular complexity index is 813. The third-order valence-corrected chi connectivity index (χ3v) is 4.02. The minimum atomic E-state index is -2.70. The summed E-state index contributed by atoms with van der Waals surface area (Å²) in [7, 11) is 1.21. The quantitative estimate of drug-likeness (QED) is 0.697. The lowest BCUT2D eigenvalue weighted by atomic mass is 10.2. The summed E-state index contributed by atoms with van der Waals surface area (Å²) >= 11 is 0.714. The van der Waals surface area contributed by atoms with E-state index in [1.807, 2.05) is 0 Å². The first-order valence-electron chi connectivity index (χ1n) is 5.91. The van der Waals surface area contributed by atoms with Gasteiger partial charge in [0.15, 0.2) is 5.65 Å². The van der Waals surface area contributed by atoms with Crippen molar-refractivity contribution in [1.82, 2.24) is 14.6 Å². The molecular formula is C13H9F2N3O2S. The molecule has 0 unspecified atom stereocenters. The maximum Gasteiger partial charge on any atom is 0.348 e. The highest BCUT2D eigenvalue weighted by molar-refractivity contribution is 7.14. The average molecular weight is 309 g/mol. The number of esters is 1. The molecule has 8 heteroatoms. The van der Waals surface area contributed by atoms with Crippen LogP contribution in [0.4, 0.5) is 8.78 Å². The first kappa shape index (κ1) is 13.6. The summed E-state index contributed by atoms with van der Waals surface area (Å²) in [4.78, 5) is 15.6. The fraction of sp³-hybridized carbons (Fsp3) is 0.154. The number of halogens is 2. The van der Waals surface area contributed by atoms with Crippen molar-refractivity contribution in [2.75, 3.05) is 7.11 Å². The summed E-state index contributed by atoms with van der Waals surface area (Å²) in [5, 5.41) is 4.09. The van der Waals surface area contributed by atoms with Gasteiger partial charge in [0.2, 0.25) is 0 Å². The molecule has 0 N–H and O–H groups in total. The molecule has 0 saturated carbocycles. The molecule has 3 aromatic heterocycles. The van der Waals surface area contributed by atoms with Crippen LogP contribution in [0.5, 0.6) is 0 Å². The molecular weight excluding hydrogens is 300 g/mol. The number of carbonyl (C=O) groups is 1. The monoisotopic (exact) mass is 309 g/mol. The van der Waals surface area contributed by atoms with E-state index in [2.05, 4.69) is 14.8 Å². The number of imidazole rings is 1. The zero-order valence-electron chi connectivity index (χ0n) is 10.8. The molecule has 0 bridgehead atoms. The number of hydrogen-bond acceptors (Lipinski definition) is 5. The Labute approximate surface area is 121 Å². The maximum atomic E-state index is 13.2. The lowest BCUT2D eigenvalue weighted by Gasteiger charge is -2.01. The number of thiophene rings is 1. The second kappa shape index (κ2) is 5.21. The maximum absolute atomic E-state index is 13.2. The van der Waals surface area contributed by atoms with Gasteiger partial charge in [0.05, 0.1) is 23.9 Å². The molecule has 0 amide bonds. The Balaban J connectivity index is 2.21. The van der Waals surface area contributed by atoms with Crippen LogP contribution in [-0.4, -0.2) is 27.7 Å². The van der Waals surface area contributed by atoms with E-state index in [1.165, 1.54) is 30.1 Å². The van der Waals surface area contributed by atoms with Crippen LogP contribution in [0.3, 0.4) is 0 Å². The smallest absolute Gasteiger partial charge is 0.348 e. The van der Waals surface area contributed by atoms with E-state index < -0.39 is 12.4 Å². The topological polar surface area (TPSA) is 56.5 Å². The van der Waals surface area contributed by atoms with Gasteiger partial charge in [0, 0.05) is 11.8 Å². The normalized spacial score (nSPS) is 11.2. The zero-order chi connectivity index (χ0) is 15.0. The molecule has 3 aromatic rings. The van der Waals surface area contributed by atoms with Gasteiger partial charge in [-0.3, -0.25) is 0 Å². The van der Waals surface area contributed by atoms with E-state index in [0.29, 0.717) is 22.7 Å².